The highest BCUT2D eigenvalue weighted by Crippen LogP contribution is 2.34. The number of thiophene rings is 1. The lowest BCUT2D eigenvalue weighted by Crippen LogP contribution is -2.05. The van der Waals surface area contributed by atoms with Gasteiger partial charge in [0.2, 0.25) is 0 Å². The van der Waals surface area contributed by atoms with E-state index in [4.69, 9.17) is 16.7 Å². The molecule has 0 radical (unpaired) electrons. The zero-order chi connectivity index (χ0) is 11.5. The van der Waals surface area contributed by atoms with Crippen LogP contribution in [0.25, 0.3) is 0 Å². The minimum atomic E-state index is -0.810. The summed E-state index contributed by atoms with van der Waals surface area (Å²) in [5.74, 6) is -0.933. The molecule has 0 aliphatic carbocycles. The first-order valence-electron chi connectivity index (χ1n) is 4.76. The van der Waals surface area contributed by atoms with Crippen molar-refractivity contribution in [3.63, 3.8) is 0 Å². The molecule has 0 aliphatic rings. The molecule has 2 aromatic rings. The standard InChI is InChI=1S/C11H10ClNO2S/c12-10-2-1-9(16-10)8(5-11(14)15)7-3-4-13-6-7/h1-4,6,8,13H,5H2,(H,14,15). The molecule has 2 heterocycles. The van der Waals surface area contributed by atoms with E-state index < -0.39 is 5.97 Å². The lowest BCUT2D eigenvalue weighted by atomic mass is 9.97. The summed E-state index contributed by atoms with van der Waals surface area (Å²) in [7, 11) is 0. The summed E-state index contributed by atoms with van der Waals surface area (Å²) < 4.78 is 0.681. The van der Waals surface area contributed by atoms with Crippen LogP contribution in [0.1, 0.15) is 22.8 Å². The Balaban J connectivity index is 2.31. The third kappa shape index (κ3) is 2.46. The Hall–Kier alpha value is -1.26. The van der Waals surface area contributed by atoms with E-state index in [-0.39, 0.29) is 12.3 Å². The molecule has 2 rings (SSSR count). The number of halogens is 1. The minimum Gasteiger partial charge on any atom is -0.481 e. The number of aromatic amines is 1. The van der Waals surface area contributed by atoms with Crippen LogP contribution in [0.5, 0.6) is 0 Å². The summed E-state index contributed by atoms with van der Waals surface area (Å²) in [5, 5.41) is 8.91. The van der Waals surface area contributed by atoms with Gasteiger partial charge in [0.25, 0.3) is 0 Å². The van der Waals surface area contributed by atoms with Crippen molar-refractivity contribution in [3.8, 4) is 0 Å². The van der Waals surface area contributed by atoms with Crippen LogP contribution >= 0.6 is 22.9 Å². The zero-order valence-electron chi connectivity index (χ0n) is 8.31. The summed E-state index contributed by atoms with van der Waals surface area (Å²) in [6.45, 7) is 0. The van der Waals surface area contributed by atoms with Crippen LogP contribution in [0.4, 0.5) is 0 Å². The van der Waals surface area contributed by atoms with Gasteiger partial charge in [0, 0.05) is 23.2 Å². The lowest BCUT2D eigenvalue weighted by molar-refractivity contribution is -0.137. The van der Waals surface area contributed by atoms with Crippen LogP contribution in [0, 0.1) is 0 Å². The molecule has 0 bridgehead atoms. The van der Waals surface area contributed by atoms with E-state index in [1.807, 2.05) is 18.3 Å². The maximum atomic E-state index is 10.8. The molecule has 0 saturated heterocycles. The summed E-state index contributed by atoms with van der Waals surface area (Å²) in [6.07, 6.45) is 3.69. The number of H-pyrrole nitrogens is 1. The number of nitrogens with one attached hydrogen (secondary N) is 1. The fourth-order valence-corrected chi connectivity index (χ4v) is 2.82. The number of hydrogen-bond donors (Lipinski definition) is 2. The van der Waals surface area contributed by atoms with Gasteiger partial charge in [0.05, 0.1) is 10.8 Å². The van der Waals surface area contributed by atoms with Gasteiger partial charge >= 0.3 is 5.97 Å². The van der Waals surface area contributed by atoms with Crippen molar-refractivity contribution in [2.24, 2.45) is 0 Å². The fourth-order valence-electron chi connectivity index (χ4n) is 1.63. The van der Waals surface area contributed by atoms with E-state index >= 15 is 0 Å². The highest BCUT2D eigenvalue weighted by molar-refractivity contribution is 7.16. The van der Waals surface area contributed by atoms with Crippen LogP contribution < -0.4 is 0 Å². The first-order chi connectivity index (χ1) is 7.66. The van der Waals surface area contributed by atoms with E-state index in [1.165, 1.54) is 11.3 Å². The van der Waals surface area contributed by atoms with Gasteiger partial charge in [0.15, 0.2) is 0 Å². The van der Waals surface area contributed by atoms with Gasteiger partial charge in [-0.3, -0.25) is 4.79 Å². The number of carbonyl (C=O) groups is 1. The Labute approximate surface area is 102 Å². The molecule has 0 amide bonds. The van der Waals surface area contributed by atoms with Crippen LogP contribution in [0.2, 0.25) is 4.34 Å². The van der Waals surface area contributed by atoms with Crippen LogP contribution in [0.15, 0.2) is 30.6 Å². The summed E-state index contributed by atoms with van der Waals surface area (Å²) >= 11 is 7.29. The molecule has 0 saturated carbocycles. The van der Waals surface area contributed by atoms with Gasteiger partial charge in [-0.2, -0.15) is 0 Å². The molecule has 0 aromatic carbocycles. The van der Waals surface area contributed by atoms with Crippen molar-refractivity contribution < 1.29 is 9.90 Å². The molecular weight excluding hydrogens is 246 g/mol. The quantitative estimate of drug-likeness (QED) is 0.880. The average Bonchev–Trinajstić information content (AvgIpc) is 2.84. The van der Waals surface area contributed by atoms with Crippen molar-refractivity contribution in [2.45, 2.75) is 12.3 Å². The summed E-state index contributed by atoms with van der Waals surface area (Å²) in [6, 6.07) is 5.57. The number of carboxylic acids is 1. The van der Waals surface area contributed by atoms with E-state index in [9.17, 15) is 4.79 Å². The molecule has 2 aromatic heterocycles. The van der Waals surface area contributed by atoms with Crippen LogP contribution in [-0.2, 0) is 4.79 Å². The molecular formula is C11H10ClNO2S. The first-order valence-corrected chi connectivity index (χ1v) is 5.96. The summed E-state index contributed by atoms with van der Waals surface area (Å²) in [4.78, 5) is 14.8. The number of aromatic nitrogens is 1. The third-order valence-electron chi connectivity index (χ3n) is 2.34. The topological polar surface area (TPSA) is 53.1 Å². The molecule has 0 fully saturated rings. The number of carboxylic acid groups (broad SMARTS) is 1. The minimum absolute atomic E-state index is 0.0781. The molecule has 84 valence electrons. The molecule has 1 unspecified atom stereocenters. The number of hydrogen-bond acceptors (Lipinski definition) is 2. The first kappa shape index (κ1) is 11.2. The van der Waals surface area contributed by atoms with Gasteiger partial charge in [-0.1, -0.05) is 11.6 Å². The van der Waals surface area contributed by atoms with Gasteiger partial charge < -0.3 is 10.1 Å². The van der Waals surface area contributed by atoms with Crippen LogP contribution in [-0.4, -0.2) is 16.1 Å². The Morgan fingerprint density at radius 2 is 2.31 bits per heavy atom. The monoisotopic (exact) mass is 255 g/mol. The average molecular weight is 256 g/mol. The molecule has 0 aliphatic heterocycles. The Kier molecular flexibility index (Phi) is 3.31. The smallest absolute Gasteiger partial charge is 0.304 e. The van der Waals surface area contributed by atoms with Gasteiger partial charge in [0.1, 0.15) is 0 Å². The number of rotatable bonds is 4. The van der Waals surface area contributed by atoms with Crippen molar-refractivity contribution in [3.05, 3.63) is 45.4 Å². The van der Waals surface area contributed by atoms with Crippen molar-refractivity contribution >= 4 is 28.9 Å². The van der Waals surface area contributed by atoms with Gasteiger partial charge in [-0.05, 0) is 23.8 Å². The van der Waals surface area contributed by atoms with E-state index in [2.05, 4.69) is 4.98 Å². The van der Waals surface area contributed by atoms with Crippen molar-refractivity contribution in [2.75, 3.05) is 0 Å². The van der Waals surface area contributed by atoms with Crippen molar-refractivity contribution in [1.29, 1.82) is 0 Å². The van der Waals surface area contributed by atoms with Gasteiger partial charge in [-0.15, -0.1) is 11.3 Å². The maximum absolute atomic E-state index is 10.8. The van der Waals surface area contributed by atoms with Crippen LogP contribution in [0.3, 0.4) is 0 Å². The Morgan fingerprint density at radius 1 is 1.50 bits per heavy atom. The Bertz CT molecular complexity index is 478. The predicted octanol–water partition coefficient (Wildman–Crippen LogP) is 3.34. The highest BCUT2D eigenvalue weighted by atomic mass is 35.5. The second kappa shape index (κ2) is 4.72. The highest BCUT2D eigenvalue weighted by Gasteiger charge is 2.19. The normalized spacial score (nSPS) is 12.6. The molecule has 0 spiro atoms. The molecule has 5 heteroatoms. The number of aliphatic carboxylic acids is 1. The van der Waals surface area contributed by atoms with E-state index in [0.717, 1.165) is 10.4 Å². The zero-order valence-corrected chi connectivity index (χ0v) is 9.89. The molecule has 3 nitrogen and oxygen atoms in total. The second-order valence-electron chi connectivity index (χ2n) is 3.44. The van der Waals surface area contributed by atoms with E-state index in [0.29, 0.717) is 4.34 Å². The predicted molar refractivity (Wildman–Crippen MR) is 64.2 cm³/mol. The summed E-state index contributed by atoms with van der Waals surface area (Å²) in [5.41, 5.74) is 0.973. The van der Waals surface area contributed by atoms with E-state index in [1.54, 1.807) is 12.3 Å². The third-order valence-corrected chi connectivity index (χ3v) is 3.69. The SMILES string of the molecule is O=C(O)CC(c1cc[nH]c1)c1ccc(Cl)s1. The van der Waals surface area contributed by atoms with Crippen molar-refractivity contribution in [1.82, 2.24) is 4.98 Å². The maximum Gasteiger partial charge on any atom is 0.304 e. The molecule has 2 N–H and O–H groups in total. The molecule has 16 heavy (non-hydrogen) atoms. The second-order valence-corrected chi connectivity index (χ2v) is 5.18. The largest absolute Gasteiger partial charge is 0.481 e. The Morgan fingerprint density at radius 3 is 2.81 bits per heavy atom. The lowest BCUT2D eigenvalue weighted by Gasteiger charge is -2.10. The fraction of sp³-hybridized carbons (Fsp3) is 0.182. The van der Waals surface area contributed by atoms with Gasteiger partial charge in [-0.25, -0.2) is 0 Å². The molecule has 1 atom stereocenters.